The molecule has 0 amide bonds. The van der Waals surface area contributed by atoms with Crippen LogP contribution in [0.3, 0.4) is 0 Å². The van der Waals surface area contributed by atoms with Gasteiger partial charge in [0.2, 0.25) is 0 Å². The zero-order chi connectivity index (χ0) is 10.0. The van der Waals surface area contributed by atoms with E-state index in [1.165, 1.54) is 38.5 Å². The van der Waals surface area contributed by atoms with Gasteiger partial charge in [-0.05, 0) is 38.0 Å². The van der Waals surface area contributed by atoms with Crippen LogP contribution in [0.25, 0.3) is 0 Å². The molecule has 82 valence electrons. The van der Waals surface area contributed by atoms with Crippen molar-refractivity contribution >= 4 is 0 Å². The minimum atomic E-state index is 0.112. The van der Waals surface area contributed by atoms with Crippen LogP contribution >= 0.6 is 0 Å². The van der Waals surface area contributed by atoms with E-state index in [-0.39, 0.29) is 5.54 Å². The molecule has 2 fully saturated rings. The highest BCUT2D eigenvalue weighted by molar-refractivity contribution is 4.98. The van der Waals surface area contributed by atoms with Gasteiger partial charge in [-0.1, -0.05) is 13.3 Å². The molecular formula is C12H23NO. The second-order valence-corrected chi connectivity index (χ2v) is 5.16. The Bertz CT molecular complexity index is 189. The molecule has 14 heavy (non-hydrogen) atoms. The molecule has 3 unspecified atom stereocenters. The van der Waals surface area contributed by atoms with Crippen LogP contribution in [0.2, 0.25) is 0 Å². The molecule has 1 aliphatic heterocycles. The van der Waals surface area contributed by atoms with Crippen LogP contribution in [0.1, 0.15) is 45.4 Å². The van der Waals surface area contributed by atoms with Crippen molar-refractivity contribution in [1.82, 2.24) is 0 Å². The summed E-state index contributed by atoms with van der Waals surface area (Å²) in [4.78, 5) is 0. The molecule has 0 spiro atoms. The highest BCUT2D eigenvalue weighted by atomic mass is 16.5. The Morgan fingerprint density at radius 2 is 2.29 bits per heavy atom. The van der Waals surface area contributed by atoms with E-state index in [2.05, 4.69) is 6.92 Å². The van der Waals surface area contributed by atoms with Gasteiger partial charge in [0.15, 0.2) is 0 Å². The zero-order valence-corrected chi connectivity index (χ0v) is 9.30. The van der Waals surface area contributed by atoms with E-state index < -0.39 is 0 Å². The summed E-state index contributed by atoms with van der Waals surface area (Å²) >= 11 is 0. The number of nitrogens with two attached hydrogens (primary N) is 1. The standard InChI is InChI=1S/C12H23NO/c1-2-10-5-6-12(13,8-10)11-4-3-7-14-9-11/h10-11H,2-9,13H2,1H3. The Balaban J connectivity index is 1.94. The SMILES string of the molecule is CCC1CCC(N)(C2CCCOC2)C1. The number of hydrogen-bond acceptors (Lipinski definition) is 2. The van der Waals surface area contributed by atoms with E-state index in [1.807, 2.05) is 0 Å². The minimum absolute atomic E-state index is 0.112. The molecule has 1 saturated carbocycles. The Morgan fingerprint density at radius 3 is 2.86 bits per heavy atom. The molecule has 0 radical (unpaired) electrons. The highest BCUT2D eigenvalue weighted by Crippen LogP contribution is 2.41. The third-order valence-corrected chi connectivity index (χ3v) is 4.24. The first-order valence-corrected chi connectivity index (χ1v) is 6.11. The molecule has 1 saturated heterocycles. The van der Waals surface area contributed by atoms with E-state index in [9.17, 15) is 0 Å². The summed E-state index contributed by atoms with van der Waals surface area (Å²) < 4.78 is 5.55. The van der Waals surface area contributed by atoms with Crippen molar-refractivity contribution in [3.63, 3.8) is 0 Å². The predicted octanol–water partition coefficient (Wildman–Crippen LogP) is 2.32. The molecule has 2 nitrogen and oxygen atoms in total. The second-order valence-electron chi connectivity index (χ2n) is 5.16. The Morgan fingerprint density at radius 1 is 1.43 bits per heavy atom. The zero-order valence-electron chi connectivity index (χ0n) is 9.30. The Labute approximate surface area is 87.2 Å². The fraction of sp³-hybridized carbons (Fsp3) is 1.00. The van der Waals surface area contributed by atoms with Gasteiger partial charge >= 0.3 is 0 Å². The Hall–Kier alpha value is -0.0800. The summed E-state index contributed by atoms with van der Waals surface area (Å²) in [5.74, 6) is 1.51. The van der Waals surface area contributed by atoms with Gasteiger partial charge in [-0.3, -0.25) is 0 Å². The fourth-order valence-corrected chi connectivity index (χ4v) is 3.13. The van der Waals surface area contributed by atoms with Crippen LogP contribution in [-0.4, -0.2) is 18.8 Å². The van der Waals surface area contributed by atoms with E-state index in [1.54, 1.807) is 0 Å². The molecule has 0 bridgehead atoms. The van der Waals surface area contributed by atoms with Gasteiger partial charge < -0.3 is 10.5 Å². The lowest BCUT2D eigenvalue weighted by Gasteiger charge is -2.36. The summed E-state index contributed by atoms with van der Waals surface area (Å²) in [5, 5.41) is 0. The second kappa shape index (κ2) is 4.19. The van der Waals surface area contributed by atoms with E-state index in [4.69, 9.17) is 10.5 Å². The summed E-state index contributed by atoms with van der Waals surface area (Å²) in [7, 11) is 0. The van der Waals surface area contributed by atoms with E-state index in [0.29, 0.717) is 5.92 Å². The van der Waals surface area contributed by atoms with Gasteiger partial charge in [0, 0.05) is 18.1 Å². The lowest BCUT2D eigenvalue weighted by Crippen LogP contribution is -2.48. The van der Waals surface area contributed by atoms with Crippen LogP contribution in [-0.2, 0) is 4.74 Å². The topological polar surface area (TPSA) is 35.2 Å². The molecule has 0 aromatic heterocycles. The maximum Gasteiger partial charge on any atom is 0.0511 e. The monoisotopic (exact) mass is 197 g/mol. The van der Waals surface area contributed by atoms with Crippen molar-refractivity contribution in [3.05, 3.63) is 0 Å². The van der Waals surface area contributed by atoms with Crippen LogP contribution in [0.5, 0.6) is 0 Å². The number of hydrogen-bond donors (Lipinski definition) is 1. The molecular weight excluding hydrogens is 174 g/mol. The maximum absolute atomic E-state index is 6.52. The molecule has 0 aromatic rings. The molecule has 1 heterocycles. The fourth-order valence-electron chi connectivity index (χ4n) is 3.13. The summed E-state index contributed by atoms with van der Waals surface area (Å²) in [6.45, 7) is 4.14. The number of ether oxygens (including phenoxy) is 1. The highest BCUT2D eigenvalue weighted by Gasteiger charge is 2.41. The molecule has 1 aliphatic carbocycles. The molecule has 0 aromatic carbocycles. The molecule has 2 aliphatic rings. The maximum atomic E-state index is 6.52. The number of rotatable bonds is 2. The van der Waals surface area contributed by atoms with Crippen molar-refractivity contribution in [2.24, 2.45) is 17.6 Å². The summed E-state index contributed by atoms with van der Waals surface area (Å²) in [5.41, 5.74) is 6.63. The molecule has 2 N–H and O–H groups in total. The minimum Gasteiger partial charge on any atom is -0.381 e. The van der Waals surface area contributed by atoms with Gasteiger partial charge in [0.25, 0.3) is 0 Å². The lowest BCUT2D eigenvalue weighted by molar-refractivity contribution is 0.0215. The van der Waals surface area contributed by atoms with Crippen LogP contribution < -0.4 is 5.73 Å². The van der Waals surface area contributed by atoms with E-state index in [0.717, 1.165) is 19.1 Å². The quantitative estimate of drug-likeness (QED) is 0.737. The average Bonchev–Trinajstić information content (AvgIpc) is 2.63. The molecule has 2 rings (SSSR count). The average molecular weight is 197 g/mol. The first-order chi connectivity index (χ1) is 6.74. The van der Waals surface area contributed by atoms with Crippen molar-refractivity contribution in [1.29, 1.82) is 0 Å². The molecule has 2 heteroatoms. The van der Waals surface area contributed by atoms with Crippen LogP contribution in [0.15, 0.2) is 0 Å². The predicted molar refractivity (Wildman–Crippen MR) is 58.1 cm³/mol. The normalized spacial score (nSPS) is 44.1. The van der Waals surface area contributed by atoms with Gasteiger partial charge in [-0.15, -0.1) is 0 Å². The first kappa shape index (κ1) is 10.4. The van der Waals surface area contributed by atoms with Crippen LogP contribution in [0.4, 0.5) is 0 Å². The largest absolute Gasteiger partial charge is 0.381 e. The lowest BCUT2D eigenvalue weighted by atomic mass is 9.79. The van der Waals surface area contributed by atoms with Crippen molar-refractivity contribution in [2.45, 2.75) is 51.0 Å². The van der Waals surface area contributed by atoms with E-state index >= 15 is 0 Å². The summed E-state index contributed by atoms with van der Waals surface area (Å²) in [6, 6.07) is 0. The third-order valence-electron chi connectivity index (χ3n) is 4.24. The van der Waals surface area contributed by atoms with Crippen molar-refractivity contribution < 1.29 is 4.74 Å². The van der Waals surface area contributed by atoms with Gasteiger partial charge in [0.1, 0.15) is 0 Å². The third kappa shape index (κ3) is 1.96. The van der Waals surface area contributed by atoms with Gasteiger partial charge in [-0.2, -0.15) is 0 Å². The summed E-state index contributed by atoms with van der Waals surface area (Å²) in [6.07, 6.45) is 7.58. The Kier molecular flexibility index (Phi) is 3.13. The molecule has 3 atom stereocenters. The van der Waals surface area contributed by atoms with Crippen molar-refractivity contribution in [2.75, 3.05) is 13.2 Å². The van der Waals surface area contributed by atoms with Gasteiger partial charge in [-0.25, -0.2) is 0 Å². The van der Waals surface area contributed by atoms with Crippen LogP contribution in [0, 0.1) is 11.8 Å². The van der Waals surface area contributed by atoms with Crippen molar-refractivity contribution in [3.8, 4) is 0 Å². The van der Waals surface area contributed by atoms with Gasteiger partial charge in [0.05, 0.1) is 6.61 Å². The first-order valence-electron chi connectivity index (χ1n) is 6.11. The smallest absolute Gasteiger partial charge is 0.0511 e.